The van der Waals surface area contributed by atoms with Crippen molar-refractivity contribution in [2.45, 2.75) is 13.2 Å². The van der Waals surface area contributed by atoms with Gasteiger partial charge in [-0.3, -0.25) is 4.68 Å². The first kappa shape index (κ1) is 20.0. The Kier molecular flexibility index (Phi) is 6.37. The van der Waals surface area contributed by atoms with Gasteiger partial charge in [0.2, 0.25) is 0 Å². The third-order valence-corrected chi connectivity index (χ3v) is 4.04. The molecule has 0 aliphatic rings. The number of thiocarbonyl (C=S) groups is 1. The van der Waals surface area contributed by atoms with Crippen LogP contribution < -0.4 is 15.4 Å². The summed E-state index contributed by atoms with van der Waals surface area (Å²) in [5.74, 6) is -0.0831. The highest BCUT2D eigenvalue weighted by Gasteiger charge is 2.13. The number of benzene rings is 2. The molecule has 0 atom stereocenters. The Morgan fingerprint density at radius 1 is 1.14 bits per heavy atom. The molecule has 0 saturated heterocycles. The van der Waals surface area contributed by atoms with E-state index in [-0.39, 0.29) is 28.2 Å². The number of nitrogens with zero attached hydrogens (tertiary/aromatic N) is 2. The molecule has 0 aliphatic heterocycles. The summed E-state index contributed by atoms with van der Waals surface area (Å²) in [7, 11) is 0. The SMILES string of the molecule is Fc1ccc(Cn2cc(Cl)c(NC(=S)Nc3ccccc3OC(F)F)n2)cc1. The highest BCUT2D eigenvalue weighted by atomic mass is 35.5. The zero-order valence-electron chi connectivity index (χ0n) is 14.2. The van der Waals surface area contributed by atoms with Crippen molar-refractivity contribution in [2.75, 3.05) is 10.6 Å². The zero-order valence-corrected chi connectivity index (χ0v) is 15.8. The Morgan fingerprint density at radius 2 is 1.86 bits per heavy atom. The molecule has 0 radical (unpaired) electrons. The summed E-state index contributed by atoms with van der Waals surface area (Å²) in [6.07, 6.45) is 1.59. The lowest BCUT2D eigenvalue weighted by Crippen LogP contribution is -2.20. The van der Waals surface area contributed by atoms with E-state index in [1.54, 1.807) is 41.2 Å². The minimum Gasteiger partial charge on any atom is -0.433 e. The van der Waals surface area contributed by atoms with Gasteiger partial charge < -0.3 is 15.4 Å². The summed E-state index contributed by atoms with van der Waals surface area (Å²) in [4.78, 5) is 0. The van der Waals surface area contributed by atoms with Crippen molar-refractivity contribution in [3.05, 3.63) is 71.1 Å². The first-order valence-corrected chi connectivity index (χ1v) is 8.78. The number of para-hydroxylation sites is 2. The Bertz CT molecular complexity index is 966. The molecule has 2 N–H and O–H groups in total. The molecule has 1 heterocycles. The molecule has 3 aromatic rings. The molecule has 0 fully saturated rings. The number of hydrogen-bond donors (Lipinski definition) is 2. The standard InChI is InChI=1S/C18H14ClF3N4OS/c19-13-10-26(9-11-5-7-12(20)8-6-11)25-16(13)24-18(28)23-14-3-1-2-4-15(14)27-17(21)22/h1-8,10,17H,9H2,(H2,23,24,25,28). The second-order valence-corrected chi connectivity index (χ2v) is 6.42. The lowest BCUT2D eigenvalue weighted by molar-refractivity contribution is -0.0493. The first-order valence-electron chi connectivity index (χ1n) is 8.00. The summed E-state index contributed by atoms with van der Waals surface area (Å²) in [5, 5.41) is 10.3. The molecule has 0 aliphatic carbocycles. The van der Waals surface area contributed by atoms with Gasteiger partial charge in [-0.25, -0.2) is 4.39 Å². The fraction of sp³-hybridized carbons (Fsp3) is 0.111. The lowest BCUT2D eigenvalue weighted by atomic mass is 10.2. The average Bonchev–Trinajstić information content (AvgIpc) is 2.97. The zero-order chi connectivity index (χ0) is 20.1. The molecule has 0 unspecified atom stereocenters. The molecule has 3 rings (SSSR count). The fourth-order valence-corrected chi connectivity index (χ4v) is 2.77. The molecule has 0 spiro atoms. The molecule has 10 heteroatoms. The molecule has 5 nitrogen and oxygen atoms in total. The molecule has 0 saturated carbocycles. The summed E-state index contributed by atoms with van der Waals surface area (Å²) < 4.78 is 44.0. The van der Waals surface area contributed by atoms with Gasteiger partial charge >= 0.3 is 6.61 Å². The van der Waals surface area contributed by atoms with Crippen LogP contribution in [0, 0.1) is 5.82 Å². The monoisotopic (exact) mass is 426 g/mol. The van der Waals surface area contributed by atoms with E-state index in [1.165, 1.54) is 18.2 Å². The molecule has 28 heavy (non-hydrogen) atoms. The van der Waals surface area contributed by atoms with Crippen LogP contribution in [0.25, 0.3) is 0 Å². The van der Waals surface area contributed by atoms with Gasteiger partial charge in [-0.15, -0.1) is 0 Å². The van der Waals surface area contributed by atoms with Crippen LogP contribution in [0.1, 0.15) is 5.56 Å². The normalized spacial score (nSPS) is 10.8. The number of halogens is 4. The predicted molar refractivity (Wildman–Crippen MR) is 106 cm³/mol. The Hall–Kier alpha value is -2.78. The van der Waals surface area contributed by atoms with Crippen LogP contribution in [0.3, 0.4) is 0 Å². The fourth-order valence-electron chi connectivity index (χ4n) is 2.37. The largest absolute Gasteiger partial charge is 0.433 e. The van der Waals surface area contributed by atoms with Crippen molar-refractivity contribution in [3.8, 4) is 5.75 Å². The number of alkyl halides is 2. The van der Waals surface area contributed by atoms with Crippen molar-refractivity contribution in [1.29, 1.82) is 0 Å². The van der Waals surface area contributed by atoms with E-state index in [1.807, 2.05) is 0 Å². The number of nitrogens with one attached hydrogen (secondary N) is 2. The van der Waals surface area contributed by atoms with Crippen LogP contribution in [0.4, 0.5) is 24.7 Å². The Morgan fingerprint density at radius 3 is 2.57 bits per heavy atom. The van der Waals surface area contributed by atoms with Crippen LogP contribution in [0.2, 0.25) is 5.02 Å². The maximum Gasteiger partial charge on any atom is 0.387 e. The van der Waals surface area contributed by atoms with E-state index >= 15 is 0 Å². The van der Waals surface area contributed by atoms with Gasteiger partial charge in [0.05, 0.1) is 12.2 Å². The maximum atomic E-state index is 13.0. The Labute approximate surface area is 169 Å². The van der Waals surface area contributed by atoms with Crippen molar-refractivity contribution >= 4 is 40.4 Å². The van der Waals surface area contributed by atoms with Gasteiger partial charge in [-0.1, -0.05) is 35.9 Å². The van der Waals surface area contributed by atoms with Crippen LogP contribution >= 0.6 is 23.8 Å². The van der Waals surface area contributed by atoms with E-state index in [2.05, 4.69) is 20.5 Å². The van der Waals surface area contributed by atoms with Gasteiger partial charge in [-0.05, 0) is 42.0 Å². The molecule has 0 amide bonds. The van der Waals surface area contributed by atoms with Crippen LogP contribution in [0.5, 0.6) is 5.75 Å². The summed E-state index contributed by atoms with van der Waals surface area (Å²) >= 11 is 11.4. The van der Waals surface area contributed by atoms with Crippen LogP contribution in [-0.2, 0) is 6.54 Å². The maximum absolute atomic E-state index is 13.0. The van der Waals surface area contributed by atoms with Gasteiger partial charge in [0.25, 0.3) is 0 Å². The minimum atomic E-state index is -2.96. The summed E-state index contributed by atoms with van der Waals surface area (Å²) in [6.45, 7) is -2.58. The molecular weight excluding hydrogens is 413 g/mol. The van der Waals surface area contributed by atoms with Gasteiger partial charge in [0, 0.05) is 6.20 Å². The van der Waals surface area contributed by atoms with Gasteiger partial charge in [0.1, 0.15) is 16.6 Å². The van der Waals surface area contributed by atoms with Crippen LogP contribution in [0.15, 0.2) is 54.7 Å². The molecule has 0 bridgehead atoms. The number of ether oxygens (including phenoxy) is 1. The molecule has 146 valence electrons. The summed E-state index contributed by atoms with van der Waals surface area (Å²) in [6, 6.07) is 12.1. The van der Waals surface area contributed by atoms with Crippen molar-refractivity contribution in [2.24, 2.45) is 0 Å². The number of hydrogen-bond acceptors (Lipinski definition) is 3. The molecule has 1 aromatic heterocycles. The predicted octanol–water partition coefficient (Wildman–Crippen LogP) is 5.13. The van der Waals surface area contributed by atoms with Crippen molar-refractivity contribution in [3.63, 3.8) is 0 Å². The van der Waals surface area contributed by atoms with E-state index in [0.717, 1.165) is 5.56 Å². The van der Waals surface area contributed by atoms with E-state index in [4.69, 9.17) is 23.8 Å². The van der Waals surface area contributed by atoms with Crippen molar-refractivity contribution in [1.82, 2.24) is 9.78 Å². The highest BCUT2D eigenvalue weighted by Crippen LogP contribution is 2.26. The smallest absolute Gasteiger partial charge is 0.387 e. The Balaban J connectivity index is 1.66. The van der Waals surface area contributed by atoms with E-state index in [9.17, 15) is 13.2 Å². The third kappa shape index (κ3) is 5.37. The van der Waals surface area contributed by atoms with E-state index < -0.39 is 6.61 Å². The molecular formula is C18H14ClF3N4OS. The van der Waals surface area contributed by atoms with Crippen LogP contribution in [-0.4, -0.2) is 21.5 Å². The summed E-state index contributed by atoms with van der Waals surface area (Å²) in [5.41, 5.74) is 1.10. The first-order chi connectivity index (χ1) is 13.4. The number of anilines is 2. The second kappa shape index (κ2) is 8.94. The minimum absolute atomic E-state index is 0.0467. The number of rotatable bonds is 6. The second-order valence-electron chi connectivity index (χ2n) is 5.60. The van der Waals surface area contributed by atoms with Gasteiger partial charge in [0.15, 0.2) is 10.9 Å². The van der Waals surface area contributed by atoms with Gasteiger partial charge in [-0.2, -0.15) is 13.9 Å². The topological polar surface area (TPSA) is 51.1 Å². The van der Waals surface area contributed by atoms with E-state index in [0.29, 0.717) is 11.6 Å². The quantitative estimate of drug-likeness (QED) is 0.535. The molecule has 2 aromatic carbocycles. The van der Waals surface area contributed by atoms with Crippen molar-refractivity contribution < 1.29 is 17.9 Å². The highest BCUT2D eigenvalue weighted by molar-refractivity contribution is 7.80. The number of aromatic nitrogens is 2. The third-order valence-electron chi connectivity index (χ3n) is 3.56. The average molecular weight is 427 g/mol. The lowest BCUT2D eigenvalue weighted by Gasteiger charge is -2.13.